The second-order valence-corrected chi connectivity index (χ2v) is 8.84. The van der Waals surface area contributed by atoms with E-state index in [4.69, 9.17) is 9.90 Å². The Morgan fingerprint density at radius 2 is 1.94 bits per heavy atom. The Morgan fingerprint density at radius 1 is 1.25 bits per heavy atom. The number of carbonyl (C=O) groups is 4. The summed E-state index contributed by atoms with van der Waals surface area (Å²) in [5.41, 5.74) is 1.37. The molecule has 0 aliphatic carbocycles. The van der Waals surface area contributed by atoms with Crippen molar-refractivity contribution in [2.45, 2.75) is 51.6 Å². The lowest BCUT2D eigenvalue weighted by Crippen LogP contribution is -2.67. The number of amides is 3. The van der Waals surface area contributed by atoms with E-state index in [-0.39, 0.29) is 53.9 Å². The van der Waals surface area contributed by atoms with Crippen LogP contribution in [0.3, 0.4) is 0 Å². The molecule has 4 atom stereocenters. The topological polar surface area (TPSA) is 127 Å². The van der Waals surface area contributed by atoms with Crippen molar-refractivity contribution in [3.05, 3.63) is 29.3 Å². The molecular weight excluding hydrogens is 414 g/mol. The van der Waals surface area contributed by atoms with Gasteiger partial charge in [-0.25, -0.2) is 0 Å². The van der Waals surface area contributed by atoms with Crippen LogP contribution in [-0.4, -0.2) is 75.9 Å². The summed E-state index contributed by atoms with van der Waals surface area (Å²) in [6, 6.07) is 4.92. The number of nitrogens with zero attached hydrogens (tertiary/aromatic N) is 2. The van der Waals surface area contributed by atoms with Gasteiger partial charge in [0.15, 0.2) is 0 Å². The van der Waals surface area contributed by atoms with Crippen LogP contribution in [0.15, 0.2) is 18.2 Å². The maximum atomic E-state index is 13.3. The summed E-state index contributed by atoms with van der Waals surface area (Å²) in [6.45, 7) is 4.74. The van der Waals surface area contributed by atoms with E-state index in [1.165, 1.54) is 6.92 Å². The lowest BCUT2D eigenvalue weighted by molar-refractivity contribution is -0.151. The highest BCUT2D eigenvalue weighted by Crippen LogP contribution is 2.41. The van der Waals surface area contributed by atoms with Crippen LogP contribution in [0, 0.1) is 18.8 Å². The first-order chi connectivity index (χ1) is 15.3. The molecule has 9 nitrogen and oxygen atoms in total. The molecule has 32 heavy (non-hydrogen) atoms. The molecule has 2 bridgehead atoms. The molecule has 3 aliphatic rings. The fraction of sp³-hybridized carbons (Fsp3) is 0.565. The Kier molecular flexibility index (Phi) is 7.37. The normalized spacial score (nSPS) is 26.4. The third-order valence-electron chi connectivity index (χ3n) is 6.78. The molecule has 4 rings (SSSR count). The van der Waals surface area contributed by atoms with Gasteiger partial charge in [-0.15, -0.1) is 0 Å². The van der Waals surface area contributed by atoms with Gasteiger partial charge in [-0.1, -0.05) is 0 Å². The zero-order valence-corrected chi connectivity index (χ0v) is 18.5. The van der Waals surface area contributed by atoms with Crippen LogP contribution in [0.25, 0.3) is 0 Å². The van der Waals surface area contributed by atoms with Crippen molar-refractivity contribution in [1.29, 1.82) is 0 Å². The summed E-state index contributed by atoms with van der Waals surface area (Å²) < 4.78 is 0. The predicted molar refractivity (Wildman–Crippen MR) is 116 cm³/mol. The lowest BCUT2D eigenvalue weighted by Gasteiger charge is -2.56. The molecule has 174 valence electrons. The van der Waals surface area contributed by atoms with Gasteiger partial charge in [0.25, 0.3) is 12.4 Å². The van der Waals surface area contributed by atoms with E-state index in [0.717, 1.165) is 24.8 Å². The lowest BCUT2D eigenvalue weighted by atomic mass is 9.72. The van der Waals surface area contributed by atoms with E-state index in [1.807, 2.05) is 16.7 Å². The van der Waals surface area contributed by atoms with E-state index in [0.29, 0.717) is 31.6 Å². The van der Waals surface area contributed by atoms with Gasteiger partial charge >= 0.3 is 0 Å². The number of carboxylic acid groups (broad SMARTS) is 1. The molecule has 9 heteroatoms. The van der Waals surface area contributed by atoms with E-state index in [9.17, 15) is 19.5 Å². The minimum absolute atomic E-state index is 0.0222. The Bertz CT molecular complexity index is 888. The van der Waals surface area contributed by atoms with E-state index in [1.54, 1.807) is 18.2 Å². The van der Waals surface area contributed by atoms with Crippen LogP contribution < -0.4 is 5.32 Å². The minimum Gasteiger partial charge on any atom is -0.508 e. The Morgan fingerprint density at radius 3 is 2.59 bits per heavy atom. The van der Waals surface area contributed by atoms with Gasteiger partial charge in [0.1, 0.15) is 5.75 Å². The second-order valence-electron chi connectivity index (χ2n) is 8.84. The average molecular weight is 446 g/mol. The van der Waals surface area contributed by atoms with Gasteiger partial charge in [-0.3, -0.25) is 19.2 Å². The quantitative estimate of drug-likeness (QED) is 0.603. The van der Waals surface area contributed by atoms with E-state index >= 15 is 0 Å². The minimum atomic E-state index is -0.250. The van der Waals surface area contributed by atoms with Crippen LogP contribution in [0.4, 0.5) is 0 Å². The standard InChI is InChI=1S/C22H29N3O4.CH2O2/c1-13-8-17(27)6-7-18(13)22(29)24-11-15-9-16(12-24)20(10-23-14(2)26)25-19(15)4-3-5-21(25)28;2-1-3/h6-8,15-16,19-20,27H,3-5,9-12H2,1-2H3,(H,23,26);1H,(H,2,3)/t15-,16+,19+,20+;/m1./s1. The number of phenolic OH excluding ortho intramolecular Hbond substituents is 1. The third-order valence-corrected chi connectivity index (χ3v) is 6.78. The van der Waals surface area contributed by atoms with Gasteiger partial charge in [-0.2, -0.15) is 0 Å². The monoisotopic (exact) mass is 445 g/mol. The fourth-order valence-corrected chi connectivity index (χ4v) is 5.51. The molecule has 0 unspecified atom stereocenters. The molecule has 3 heterocycles. The van der Waals surface area contributed by atoms with Crippen molar-refractivity contribution in [1.82, 2.24) is 15.1 Å². The smallest absolute Gasteiger partial charge is 0.290 e. The van der Waals surface area contributed by atoms with Crippen LogP contribution in [0.1, 0.15) is 48.5 Å². The SMILES string of the molecule is CC(=O)NC[C@H]1[C@H]2C[C@H](CN(C(=O)c3ccc(O)cc3C)C2)[C@@H]2CCCC(=O)N21.O=CO. The van der Waals surface area contributed by atoms with Crippen molar-refractivity contribution in [2.75, 3.05) is 19.6 Å². The first kappa shape index (κ1) is 23.6. The number of fused-ring (bicyclic) bond motifs is 4. The zero-order chi connectivity index (χ0) is 23.4. The van der Waals surface area contributed by atoms with Gasteiger partial charge in [0, 0.05) is 44.6 Å². The first-order valence-corrected chi connectivity index (χ1v) is 11.0. The largest absolute Gasteiger partial charge is 0.508 e. The first-order valence-electron chi connectivity index (χ1n) is 11.0. The maximum absolute atomic E-state index is 13.3. The maximum Gasteiger partial charge on any atom is 0.290 e. The summed E-state index contributed by atoms with van der Waals surface area (Å²) in [5, 5.41) is 19.4. The highest BCUT2D eigenvalue weighted by molar-refractivity contribution is 5.96. The van der Waals surface area contributed by atoms with E-state index in [2.05, 4.69) is 5.32 Å². The van der Waals surface area contributed by atoms with Crippen molar-refractivity contribution >= 4 is 24.2 Å². The number of aromatic hydroxyl groups is 1. The van der Waals surface area contributed by atoms with E-state index < -0.39 is 0 Å². The Balaban J connectivity index is 0.000000913. The number of hydrogen-bond donors (Lipinski definition) is 3. The van der Waals surface area contributed by atoms with Gasteiger partial charge in [0.2, 0.25) is 11.8 Å². The second kappa shape index (κ2) is 10.0. The number of benzene rings is 1. The Labute approximate surface area is 187 Å². The van der Waals surface area contributed by atoms with Gasteiger partial charge < -0.3 is 25.3 Å². The van der Waals surface area contributed by atoms with Crippen molar-refractivity contribution in [3.63, 3.8) is 0 Å². The molecule has 3 N–H and O–H groups in total. The number of carbonyl (C=O) groups excluding carboxylic acids is 3. The van der Waals surface area contributed by atoms with Crippen LogP contribution in [0.2, 0.25) is 0 Å². The summed E-state index contributed by atoms with van der Waals surface area (Å²) in [7, 11) is 0. The highest BCUT2D eigenvalue weighted by atomic mass is 16.3. The van der Waals surface area contributed by atoms with Crippen molar-refractivity contribution in [3.8, 4) is 5.75 Å². The van der Waals surface area contributed by atoms with Crippen LogP contribution in [0.5, 0.6) is 5.75 Å². The number of rotatable bonds is 3. The molecule has 0 radical (unpaired) electrons. The number of phenols is 1. The molecule has 0 aromatic heterocycles. The number of likely N-dealkylation sites (tertiary alicyclic amines) is 1. The molecule has 1 aromatic rings. The summed E-state index contributed by atoms with van der Waals surface area (Å²) in [5.74, 6) is 0.637. The van der Waals surface area contributed by atoms with Gasteiger partial charge in [-0.05, 0) is 61.8 Å². The molecule has 3 aliphatic heterocycles. The molecule has 3 amide bonds. The molecule has 0 saturated carbocycles. The van der Waals surface area contributed by atoms with Crippen molar-refractivity contribution < 1.29 is 29.4 Å². The van der Waals surface area contributed by atoms with Crippen LogP contribution in [-0.2, 0) is 14.4 Å². The predicted octanol–water partition coefficient (Wildman–Crippen LogP) is 1.38. The number of nitrogens with one attached hydrogen (secondary N) is 1. The molecular formula is C23H31N3O6. The molecule has 1 aromatic carbocycles. The zero-order valence-electron chi connectivity index (χ0n) is 18.5. The summed E-state index contributed by atoms with van der Waals surface area (Å²) in [6.07, 6.45) is 3.40. The molecule has 3 saturated heterocycles. The Hall–Kier alpha value is -3.10. The van der Waals surface area contributed by atoms with Crippen molar-refractivity contribution in [2.24, 2.45) is 11.8 Å². The number of aryl methyl sites for hydroxylation is 1. The average Bonchev–Trinajstić information content (AvgIpc) is 2.74. The molecule has 0 spiro atoms. The third kappa shape index (κ3) is 4.87. The summed E-state index contributed by atoms with van der Waals surface area (Å²) >= 11 is 0. The summed E-state index contributed by atoms with van der Waals surface area (Å²) in [4.78, 5) is 49.8. The molecule has 3 fully saturated rings. The fourth-order valence-electron chi connectivity index (χ4n) is 5.51. The number of piperidine rings is 3. The van der Waals surface area contributed by atoms with Crippen LogP contribution >= 0.6 is 0 Å². The highest BCUT2D eigenvalue weighted by Gasteiger charge is 2.50. The van der Waals surface area contributed by atoms with Gasteiger partial charge in [0.05, 0.1) is 6.04 Å². The number of hydrogen-bond acceptors (Lipinski definition) is 5.